The Hall–Kier alpha value is -1.44. The second kappa shape index (κ2) is 8.11. The van der Waals surface area contributed by atoms with Crippen LogP contribution >= 0.6 is 11.3 Å². The summed E-state index contributed by atoms with van der Waals surface area (Å²) >= 11 is 1.60. The summed E-state index contributed by atoms with van der Waals surface area (Å²) in [5, 5.41) is 19.2. The Kier molecular flexibility index (Phi) is 6.16. The lowest BCUT2D eigenvalue weighted by molar-refractivity contribution is 0.0615. The molecule has 0 saturated heterocycles. The third-order valence-corrected chi connectivity index (χ3v) is 3.79. The zero-order valence-corrected chi connectivity index (χ0v) is 13.2. The van der Waals surface area contributed by atoms with E-state index in [0.717, 1.165) is 29.0 Å². The van der Waals surface area contributed by atoms with Crippen molar-refractivity contribution in [2.45, 2.75) is 25.9 Å². The third kappa shape index (κ3) is 4.52. The van der Waals surface area contributed by atoms with Gasteiger partial charge in [-0.25, -0.2) is 4.98 Å². The summed E-state index contributed by atoms with van der Waals surface area (Å²) in [6, 6.07) is 2.01. The Morgan fingerprint density at radius 2 is 2.19 bits per heavy atom. The van der Waals surface area contributed by atoms with Gasteiger partial charge in [-0.15, -0.1) is 11.3 Å². The minimum atomic E-state index is -0.458. The molecule has 0 saturated carbocycles. The average molecular weight is 310 g/mol. The second-order valence-electron chi connectivity index (χ2n) is 4.79. The van der Waals surface area contributed by atoms with E-state index in [1.807, 2.05) is 11.4 Å². The van der Waals surface area contributed by atoms with Crippen molar-refractivity contribution in [3.05, 3.63) is 11.4 Å². The minimum absolute atomic E-state index is 0.350. The Morgan fingerprint density at radius 1 is 1.33 bits per heavy atom. The van der Waals surface area contributed by atoms with Gasteiger partial charge in [0.1, 0.15) is 10.6 Å². The van der Waals surface area contributed by atoms with Crippen LogP contribution in [0.2, 0.25) is 0 Å². The highest BCUT2D eigenvalue weighted by Crippen LogP contribution is 2.26. The van der Waals surface area contributed by atoms with Gasteiger partial charge in [-0.1, -0.05) is 6.92 Å². The highest BCUT2D eigenvalue weighted by atomic mass is 32.1. The van der Waals surface area contributed by atoms with Gasteiger partial charge in [-0.3, -0.25) is 0 Å². The van der Waals surface area contributed by atoms with Crippen LogP contribution in [0.4, 0.5) is 11.8 Å². The predicted molar refractivity (Wildman–Crippen MR) is 87.2 cm³/mol. The Balaban J connectivity index is 2.04. The number of thiophene rings is 1. The number of ether oxygens (including phenoxy) is 1. The van der Waals surface area contributed by atoms with Crippen LogP contribution in [0.15, 0.2) is 11.4 Å². The monoisotopic (exact) mass is 310 g/mol. The van der Waals surface area contributed by atoms with Crippen LogP contribution in [0.25, 0.3) is 10.2 Å². The van der Waals surface area contributed by atoms with E-state index in [1.54, 1.807) is 18.4 Å². The lowest BCUT2D eigenvalue weighted by Gasteiger charge is -2.12. The number of nitrogens with one attached hydrogen (secondary N) is 2. The molecule has 0 bridgehead atoms. The van der Waals surface area contributed by atoms with Gasteiger partial charge in [0.15, 0.2) is 0 Å². The van der Waals surface area contributed by atoms with Crippen molar-refractivity contribution in [3.63, 3.8) is 0 Å². The van der Waals surface area contributed by atoms with Crippen molar-refractivity contribution in [1.29, 1.82) is 0 Å². The summed E-state index contributed by atoms with van der Waals surface area (Å²) in [5.41, 5.74) is 0. The average Bonchev–Trinajstić information content (AvgIpc) is 2.94. The van der Waals surface area contributed by atoms with Crippen molar-refractivity contribution in [2.75, 3.05) is 37.4 Å². The first kappa shape index (κ1) is 15.9. The fourth-order valence-corrected chi connectivity index (χ4v) is 2.70. The first-order chi connectivity index (χ1) is 10.2. The molecule has 7 heteroatoms. The molecule has 1 atom stereocenters. The quantitative estimate of drug-likeness (QED) is 0.659. The van der Waals surface area contributed by atoms with E-state index in [4.69, 9.17) is 4.74 Å². The molecule has 21 heavy (non-hydrogen) atoms. The number of rotatable bonds is 9. The molecule has 0 fully saturated rings. The van der Waals surface area contributed by atoms with Gasteiger partial charge in [0.2, 0.25) is 5.95 Å². The van der Waals surface area contributed by atoms with E-state index < -0.39 is 6.10 Å². The van der Waals surface area contributed by atoms with E-state index in [0.29, 0.717) is 25.5 Å². The fraction of sp³-hybridized carbons (Fsp3) is 0.571. The summed E-state index contributed by atoms with van der Waals surface area (Å²) < 4.78 is 4.92. The Labute approximate surface area is 128 Å². The zero-order valence-electron chi connectivity index (χ0n) is 12.4. The van der Waals surface area contributed by atoms with Gasteiger partial charge in [0.05, 0.1) is 18.1 Å². The Morgan fingerprint density at radius 3 is 2.95 bits per heavy atom. The van der Waals surface area contributed by atoms with Crippen molar-refractivity contribution in [2.24, 2.45) is 0 Å². The zero-order chi connectivity index (χ0) is 15.1. The maximum Gasteiger partial charge on any atom is 0.226 e. The van der Waals surface area contributed by atoms with E-state index >= 15 is 0 Å². The number of aliphatic hydroxyl groups is 1. The van der Waals surface area contributed by atoms with Crippen LogP contribution in [-0.4, -0.2) is 48.0 Å². The number of fused-ring (bicyclic) bond motifs is 1. The summed E-state index contributed by atoms with van der Waals surface area (Å²) in [6.45, 7) is 3.94. The SMILES string of the molecule is CCCNc1nc(NCCC(O)COC)c2ccsc2n1. The largest absolute Gasteiger partial charge is 0.391 e. The van der Waals surface area contributed by atoms with Gasteiger partial charge >= 0.3 is 0 Å². The van der Waals surface area contributed by atoms with Crippen LogP contribution in [0.1, 0.15) is 19.8 Å². The molecule has 1 unspecified atom stereocenters. The van der Waals surface area contributed by atoms with Crippen LogP contribution < -0.4 is 10.6 Å². The third-order valence-electron chi connectivity index (χ3n) is 2.99. The normalized spacial score (nSPS) is 12.5. The molecule has 6 nitrogen and oxygen atoms in total. The molecule has 2 rings (SSSR count). The Bertz CT molecular complexity index is 561. The highest BCUT2D eigenvalue weighted by molar-refractivity contribution is 7.16. The minimum Gasteiger partial charge on any atom is -0.391 e. The van der Waals surface area contributed by atoms with Crippen LogP contribution in [0.3, 0.4) is 0 Å². The first-order valence-electron chi connectivity index (χ1n) is 7.14. The van der Waals surface area contributed by atoms with Gasteiger partial charge in [-0.2, -0.15) is 4.98 Å². The van der Waals surface area contributed by atoms with Crippen molar-refractivity contribution in [3.8, 4) is 0 Å². The standard InChI is InChI=1S/C14H22N4O2S/c1-3-6-16-14-17-12(11-5-8-21-13(11)18-14)15-7-4-10(19)9-20-2/h5,8,10,19H,3-4,6-7,9H2,1-2H3,(H2,15,16,17,18). The molecule has 0 amide bonds. The van der Waals surface area contributed by atoms with Crippen molar-refractivity contribution < 1.29 is 9.84 Å². The summed E-state index contributed by atoms with van der Waals surface area (Å²) in [7, 11) is 1.58. The molecule has 0 aliphatic rings. The molecule has 0 aliphatic carbocycles. The highest BCUT2D eigenvalue weighted by Gasteiger charge is 2.09. The van der Waals surface area contributed by atoms with Gasteiger partial charge in [-0.05, 0) is 24.3 Å². The summed E-state index contributed by atoms with van der Waals surface area (Å²) in [6.07, 6.45) is 1.18. The van der Waals surface area contributed by atoms with E-state index in [2.05, 4.69) is 27.5 Å². The number of aromatic nitrogens is 2. The van der Waals surface area contributed by atoms with Crippen molar-refractivity contribution in [1.82, 2.24) is 9.97 Å². The first-order valence-corrected chi connectivity index (χ1v) is 8.02. The molecule has 3 N–H and O–H groups in total. The molecular formula is C14H22N4O2S. The topological polar surface area (TPSA) is 79.3 Å². The fourth-order valence-electron chi connectivity index (χ4n) is 1.94. The lowest BCUT2D eigenvalue weighted by atomic mass is 10.2. The molecule has 0 aliphatic heterocycles. The molecule has 2 aromatic heterocycles. The molecule has 0 aromatic carbocycles. The van der Waals surface area contributed by atoms with Crippen molar-refractivity contribution >= 4 is 33.3 Å². The number of nitrogens with zero attached hydrogens (tertiary/aromatic N) is 2. The molecule has 2 aromatic rings. The van der Waals surface area contributed by atoms with Gasteiger partial charge in [0.25, 0.3) is 0 Å². The van der Waals surface area contributed by atoms with E-state index in [9.17, 15) is 5.11 Å². The number of methoxy groups -OCH3 is 1. The molecular weight excluding hydrogens is 288 g/mol. The van der Waals surface area contributed by atoms with Crippen LogP contribution in [0.5, 0.6) is 0 Å². The van der Waals surface area contributed by atoms with Gasteiger partial charge in [0, 0.05) is 20.2 Å². The van der Waals surface area contributed by atoms with Crippen LogP contribution in [-0.2, 0) is 4.74 Å². The van der Waals surface area contributed by atoms with E-state index in [-0.39, 0.29) is 0 Å². The second-order valence-corrected chi connectivity index (χ2v) is 5.68. The smallest absolute Gasteiger partial charge is 0.226 e. The number of anilines is 2. The number of aliphatic hydroxyl groups excluding tert-OH is 1. The maximum absolute atomic E-state index is 9.66. The lowest BCUT2D eigenvalue weighted by Crippen LogP contribution is -2.19. The number of hydrogen-bond donors (Lipinski definition) is 3. The molecule has 116 valence electrons. The molecule has 0 radical (unpaired) electrons. The summed E-state index contributed by atoms with van der Waals surface area (Å²) in [5.74, 6) is 1.45. The molecule has 0 spiro atoms. The van der Waals surface area contributed by atoms with E-state index in [1.165, 1.54) is 0 Å². The maximum atomic E-state index is 9.66. The number of hydrogen-bond acceptors (Lipinski definition) is 7. The van der Waals surface area contributed by atoms with Gasteiger partial charge < -0.3 is 20.5 Å². The molecule has 2 heterocycles. The summed E-state index contributed by atoms with van der Waals surface area (Å²) in [4.78, 5) is 9.97. The predicted octanol–water partition coefficient (Wildman–Crippen LogP) is 2.32. The van der Waals surface area contributed by atoms with Crippen LogP contribution in [0, 0.1) is 0 Å².